The SMILES string of the molecule is CCOc1cc(NC(=O)[C@@H](O)C(C)C)ccc1S(=O)(=O)Nc1ccc(CC)c(C(F)(F)F)c1. The van der Waals surface area contributed by atoms with E-state index in [1.807, 2.05) is 0 Å². The second kappa shape index (κ2) is 10.4. The summed E-state index contributed by atoms with van der Waals surface area (Å²) in [7, 11) is -4.33. The number of amides is 1. The first kappa shape index (κ1) is 26.5. The summed E-state index contributed by atoms with van der Waals surface area (Å²) in [4.78, 5) is 11.8. The first-order valence-corrected chi connectivity index (χ1v) is 11.8. The molecule has 1 amide bonds. The van der Waals surface area contributed by atoms with E-state index >= 15 is 0 Å². The monoisotopic (exact) mass is 488 g/mol. The van der Waals surface area contributed by atoms with Crippen LogP contribution in [-0.2, 0) is 27.4 Å². The largest absolute Gasteiger partial charge is 0.492 e. The van der Waals surface area contributed by atoms with Gasteiger partial charge in [-0.05, 0) is 49.1 Å². The van der Waals surface area contributed by atoms with Gasteiger partial charge in [0, 0.05) is 17.4 Å². The Labute approximate surface area is 191 Å². The van der Waals surface area contributed by atoms with Gasteiger partial charge in [0.05, 0.1) is 12.2 Å². The van der Waals surface area contributed by atoms with Crippen LogP contribution in [0.2, 0.25) is 0 Å². The van der Waals surface area contributed by atoms with Gasteiger partial charge in [0.25, 0.3) is 15.9 Å². The van der Waals surface area contributed by atoms with Gasteiger partial charge in [0.15, 0.2) is 0 Å². The highest BCUT2D eigenvalue weighted by Crippen LogP contribution is 2.35. The summed E-state index contributed by atoms with van der Waals surface area (Å²) in [6, 6.07) is 6.96. The molecular weight excluding hydrogens is 461 g/mol. The number of halogens is 3. The van der Waals surface area contributed by atoms with Gasteiger partial charge in [-0.3, -0.25) is 9.52 Å². The molecular formula is C22H27F3N2O5S. The minimum Gasteiger partial charge on any atom is -0.492 e. The highest BCUT2D eigenvalue weighted by molar-refractivity contribution is 7.92. The summed E-state index contributed by atoms with van der Waals surface area (Å²) in [6.45, 7) is 6.61. The first-order valence-electron chi connectivity index (χ1n) is 10.3. The molecule has 0 saturated heterocycles. The van der Waals surface area contributed by atoms with E-state index in [4.69, 9.17) is 4.74 Å². The van der Waals surface area contributed by atoms with Gasteiger partial charge in [0.1, 0.15) is 16.7 Å². The number of aliphatic hydroxyl groups is 1. The Morgan fingerprint density at radius 1 is 1.09 bits per heavy atom. The number of hydrogen-bond acceptors (Lipinski definition) is 5. The van der Waals surface area contributed by atoms with Gasteiger partial charge >= 0.3 is 6.18 Å². The first-order chi connectivity index (χ1) is 15.3. The van der Waals surface area contributed by atoms with Crippen LogP contribution >= 0.6 is 0 Å². The average Bonchev–Trinajstić information content (AvgIpc) is 2.72. The molecule has 0 aliphatic heterocycles. The molecule has 1 atom stereocenters. The van der Waals surface area contributed by atoms with E-state index in [2.05, 4.69) is 10.0 Å². The van der Waals surface area contributed by atoms with Crippen LogP contribution in [0, 0.1) is 5.92 Å². The average molecular weight is 489 g/mol. The van der Waals surface area contributed by atoms with Crippen molar-refractivity contribution in [3.63, 3.8) is 0 Å². The van der Waals surface area contributed by atoms with Crippen LogP contribution in [0.5, 0.6) is 5.75 Å². The number of ether oxygens (including phenoxy) is 1. The standard InChI is InChI=1S/C22H27F3N2O5S/c1-5-14-7-8-16(11-17(14)22(23,24)25)27-33(30,31)19-10-9-15(12-18(19)32-6-2)26-21(29)20(28)13(3)4/h7-13,20,27-28H,5-6H2,1-4H3,(H,26,29)/t20-/m0/s1. The number of nitrogens with one attached hydrogen (secondary N) is 2. The molecule has 11 heteroatoms. The van der Waals surface area contributed by atoms with E-state index in [1.54, 1.807) is 27.7 Å². The minimum atomic E-state index is -4.64. The number of aliphatic hydroxyl groups excluding tert-OH is 1. The van der Waals surface area contributed by atoms with Crippen molar-refractivity contribution < 1.29 is 36.2 Å². The van der Waals surface area contributed by atoms with Crippen molar-refractivity contribution in [2.45, 2.75) is 51.3 Å². The van der Waals surface area contributed by atoms with Crippen LogP contribution in [-0.4, -0.2) is 32.1 Å². The number of sulfonamides is 1. The number of anilines is 2. The normalized spacial score (nSPS) is 13.0. The molecule has 0 bridgehead atoms. The zero-order chi connectivity index (χ0) is 25.0. The van der Waals surface area contributed by atoms with E-state index in [9.17, 15) is 31.5 Å². The summed E-state index contributed by atoms with van der Waals surface area (Å²) in [6.07, 6.45) is -5.77. The topological polar surface area (TPSA) is 105 Å². The Kier molecular flexibility index (Phi) is 8.36. The summed E-state index contributed by atoms with van der Waals surface area (Å²) >= 11 is 0. The van der Waals surface area contributed by atoms with Gasteiger partial charge in [0.2, 0.25) is 0 Å². The lowest BCUT2D eigenvalue weighted by molar-refractivity contribution is -0.138. The lowest BCUT2D eigenvalue weighted by Crippen LogP contribution is -2.31. The Balaban J connectivity index is 2.39. The Morgan fingerprint density at radius 2 is 1.73 bits per heavy atom. The fraction of sp³-hybridized carbons (Fsp3) is 0.409. The molecule has 0 heterocycles. The highest BCUT2D eigenvalue weighted by Gasteiger charge is 2.33. The minimum absolute atomic E-state index is 0.0455. The van der Waals surface area contributed by atoms with Crippen LogP contribution in [0.4, 0.5) is 24.5 Å². The summed E-state index contributed by atoms with van der Waals surface area (Å²) in [5.74, 6) is -1.11. The van der Waals surface area contributed by atoms with Crippen molar-refractivity contribution in [1.29, 1.82) is 0 Å². The molecule has 0 unspecified atom stereocenters. The molecule has 0 aromatic heterocycles. The number of aryl methyl sites for hydroxylation is 1. The smallest absolute Gasteiger partial charge is 0.416 e. The molecule has 0 aliphatic carbocycles. The number of carbonyl (C=O) groups is 1. The van der Waals surface area contributed by atoms with E-state index in [-0.39, 0.29) is 46.5 Å². The molecule has 2 rings (SSSR count). The second-order valence-electron chi connectivity index (χ2n) is 7.60. The zero-order valence-electron chi connectivity index (χ0n) is 18.7. The maximum absolute atomic E-state index is 13.3. The van der Waals surface area contributed by atoms with Gasteiger partial charge in [-0.25, -0.2) is 8.42 Å². The molecule has 33 heavy (non-hydrogen) atoms. The Bertz CT molecular complexity index is 1100. The molecule has 7 nitrogen and oxygen atoms in total. The van der Waals surface area contributed by atoms with Crippen molar-refractivity contribution in [3.8, 4) is 5.75 Å². The molecule has 182 valence electrons. The zero-order valence-corrected chi connectivity index (χ0v) is 19.5. The fourth-order valence-electron chi connectivity index (χ4n) is 3.02. The molecule has 3 N–H and O–H groups in total. The number of alkyl halides is 3. The van der Waals surface area contributed by atoms with Gasteiger partial charge in [-0.2, -0.15) is 13.2 Å². The number of benzene rings is 2. The maximum Gasteiger partial charge on any atom is 0.416 e. The third-order valence-electron chi connectivity index (χ3n) is 4.75. The Hall–Kier alpha value is -2.79. The van der Waals surface area contributed by atoms with E-state index in [0.29, 0.717) is 0 Å². The Morgan fingerprint density at radius 3 is 2.27 bits per heavy atom. The van der Waals surface area contributed by atoms with Crippen LogP contribution < -0.4 is 14.8 Å². The summed E-state index contributed by atoms with van der Waals surface area (Å²) in [5.41, 5.74) is -0.936. The van der Waals surface area contributed by atoms with Crippen molar-refractivity contribution >= 4 is 27.3 Å². The molecule has 0 spiro atoms. The number of carbonyl (C=O) groups excluding carboxylic acids is 1. The lowest BCUT2D eigenvalue weighted by atomic mass is 10.0. The quantitative estimate of drug-likeness (QED) is 0.485. The van der Waals surface area contributed by atoms with Crippen LogP contribution in [0.3, 0.4) is 0 Å². The van der Waals surface area contributed by atoms with E-state index in [0.717, 1.165) is 12.1 Å². The van der Waals surface area contributed by atoms with Crippen LogP contribution in [0.25, 0.3) is 0 Å². The third-order valence-corrected chi connectivity index (χ3v) is 6.17. The molecule has 0 saturated carbocycles. The van der Waals surface area contributed by atoms with Gasteiger partial charge < -0.3 is 15.2 Å². The predicted molar refractivity (Wildman–Crippen MR) is 119 cm³/mol. The van der Waals surface area contributed by atoms with Crippen molar-refractivity contribution in [1.82, 2.24) is 0 Å². The van der Waals surface area contributed by atoms with Crippen LogP contribution in [0.1, 0.15) is 38.8 Å². The van der Waals surface area contributed by atoms with Crippen molar-refractivity contribution in [3.05, 3.63) is 47.5 Å². The number of hydrogen-bond donors (Lipinski definition) is 3. The fourth-order valence-corrected chi connectivity index (χ4v) is 4.19. The number of rotatable bonds is 9. The predicted octanol–water partition coefficient (Wildman–Crippen LogP) is 4.42. The third kappa shape index (κ3) is 6.61. The van der Waals surface area contributed by atoms with Crippen LogP contribution in [0.15, 0.2) is 41.3 Å². The molecule has 0 radical (unpaired) electrons. The highest BCUT2D eigenvalue weighted by atomic mass is 32.2. The maximum atomic E-state index is 13.3. The molecule has 0 aliphatic rings. The summed E-state index contributed by atoms with van der Waals surface area (Å²) in [5, 5.41) is 12.3. The van der Waals surface area contributed by atoms with Gasteiger partial charge in [-0.15, -0.1) is 0 Å². The molecule has 0 fully saturated rings. The summed E-state index contributed by atoms with van der Waals surface area (Å²) < 4.78 is 73.5. The van der Waals surface area contributed by atoms with E-state index < -0.39 is 33.8 Å². The molecule has 2 aromatic rings. The van der Waals surface area contributed by atoms with Gasteiger partial charge in [-0.1, -0.05) is 26.8 Å². The van der Waals surface area contributed by atoms with Crippen molar-refractivity contribution in [2.24, 2.45) is 5.92 Å². The van der Waals surface area contributed by atoms with Crippen molar-refractivity contribution in [2.75, 3.05) is 16.6 Å². The molecule has 2 aromatic carbocycles. The lowest BCUT2D eigenvalue weighted by Gasteiger charge is -2.18. The second-order valence-corrected chi connectivity index (χ2v) is 9.25. The van der Waals surface area contributed by atoms with E-state index in [1.165, 1.54) is 24.3 Å².